The number of nitrogens with zero attached hydrogens (tertiary/aromatic N) is 3. The molecule has 1 atom stereocenters. The van der Waals surface area contributed by atoms with Gasteiger partial charge in [0, 0.05) is 38.4 Å². The maximum absolute atomic E-state index is 12.4. The molecule has 0 saturated carbocycles. The Morgan fingerprint density at radius 1 is 1.20 bits per heavy atom. The second kappa shape index (κ2) is 8.46. The molecule has 1 aromatic heterocycles. The average Bonchev–Trinajstić information content (AvgIpc) is 3.15. The number of aromatic nitrogens is 2. The first-order chi connectivity index (χ1) is 12.2. The molecule has 1 aliphatic heterocycles. The highest BCUT2D eigenvalue weighted by molar-refractivity contribution is 5.83. The highest BCUT2D eigenvalue weighted by atomic mass is 16.2. The van der Waals surface area contributed by atoms with Crippen LogP contribution in [0.4, 0.5) is 0 Å². The lowest BCUT2D eigenvalue weighted by molar-refractivity contribution is -0.138. The minimum atomic E-state index is -0.119. The van der Waals surface area contributed by atoms with E-state index < -0.39 is 0 Å². The predicted molar refractivity (Wildman–Crippen MR) is 94.7 cm³/mol. The molecule has 0 radical (unpaired) electrons. The maximum Gasteiger partial charge on any atom is 0.224 e. The van der Waals surface area contributed by atoms with Crippen LogP contribution >= 0.6 is 0 Å². The molecule has 0 spiro atoms. The Morgan fingerprint density at radius 2 is 2.04 bits per heavy atom. The van der Waals surface area contributed by atoms with Crippen molar-refractivity contribution < 1.29 is 9.59 Å². The molecule has 0 aliphatic carbocycles. The molecule has 0 unspecified atom stereocenters. The van der Waals surface area contributed by atoms with E-state index >= 15 is 0 Å². The van der Waals surface area contributed by atoms with E-state index in [4.69, 9.17) is 0 Å². The first-order valence-electron chi connectivity index (χ1n) is 8.79. The number of hydrogen-bond donors (Lipinski definition) is 1. The van der Waals surface area contributed by atoms with Crippen LogP contribution < -0.4 is 5.32 Å². The normalized spacial score (nSPS) is 17.5. The summed E-state index contributed by atoms with van der Waals surface area (Å²) in [6.07, 6.45) is 5.50. The Hall–Kier alpha value is -2.63. The van der Waals surface area contributed by atoms with Crippen molar-refractivity contribution in [3.05, 3.63) is 54.4 Å². The van der Waals surface area contributed by atoms with E-state index in [0.717, 1.165) is 6.42 Å². The molecule has 2 heterocycles. The summed E-state index contributed by atoms with van der Waals surface area (Å²) in [5.41, 5.74) is 1.21. The van der Waals surface area contributed by atoms with Gasteiger partial charge in [-0.2, -0.15) is 5.10 Å². The van der Waals surface area contributed by atoms with Gasteiger partial charge in [-0.3, -0.25) is 14.3 Å². The Labute approximate surface area is 147 Å². The molecule has 1 N–H and O–H groups in total. The van der Waals surface area contributed by atoms with Gasteiger partial charge in [-0.05, 0) is 24.5 Å². The van der Waals surface area contributed by atoms with Gasteiger partial charge in [0.15, 0.2) is 0 Å². The Bertz CT molecular complexity index is 685. The summed E-state index contributed by atoms with van der Waals surface area (Å²) in [5, 5.41) is 7.08. The van der Waals surface area contributed by atoms with Crippen molar-refractivity contribution in [3.63, 3.8) is 0 Å². The van der Waals surface area contributed by atoms with Gasteiger partial charge < -0.3 is 10.2 Å². The van der Waals surface area contributed by atoms with Gasteiger partial charge in [0.25, 0.3) is 0 Å². The van der Waals surface area contributed by atoms with Crippen molar-refractivity contribution in [2.24, 2.45) is 5.92 Å². The lowest BCUT2D eigenvalue weighted by Gasteiger charge is -2.32. The van der Waals surface area contributed by atoms with E-state index in [9.17, 15) is 9.59 Å². The van der Waals surface area contributed by atoms with Crippen LogP contribution in [0, 0.1) is 5.92 Å². The molecule has 3 rings (SSSR count). The molecule has 132 valence electrons. The summed E-state index contributed by atoms with van der Waals surface area (Å²) < 4.78 is 1.79. The molecule has 6 nitrogen and oxygen atoms in total. The fourth-order valence-corrected chi connectivity index (χ4v) is 3.12. The average molecular weight is 340 g/mol. The van der Waals surface area contributed by atoms with E-state index in [2.05, 4.69) is 22.5 Å². The quantitative estimate of drug-likeness (QED) is 0.830. The van der Waals surface area contributed by atoms with Crippen molar-refractivity contribution >= 4 is 11.8 Å². The van der Waals surface area contributed by atoms with E-state index in [-0.39, 0.29) is 17.7 Å². The van der Waals surface area contributed by atoms with Crippen molar-refractivity contribution in [2.75, 3.05) is 19.6 Å². The number of amides is 2. The van der Waals surface area contributed by atoms with Crippen LogP contribution in [-0.2, 0) is 22.6 Å². The Morgan fingerprint density at radius 3 is 2.80 bits per heavy atom. The molecule has 1 fully saturated rings. The van der Waals surface area contributed by atoms with E-state index in [0.29, 0.717) is 39.0 Å². The molecular weight excluding hydrogens is 316 g/mol. The fourth-order valence-electron chi connectivity index (χ4n) is 3.12. The third-order valence-corrected chi connectivity index (χ3v) is 4.58. The standard InChI is InChI=1S/C19H24N4O2/c24-18-8-7-17(19(25)20-11-14-23-12-4-10-21-23)15-22(18)13-9-16-5-2-1-3-6-16/h1-6,10,12,17H,7-9,11,13-15H2,(H,20,25)/t17-/m0/s1. The van der Waals surface area contributed by atoms with Gasteiger partial charge in [-0.1, -0.05) is 30.3 Å². The first kappa shape index (κ1) is 17.2. The lowest BCUT2D eigenvalue weighted by Crippen LogP contribution is -2.46. The minimum Gasteiger partial charge on any atom is -0.354 e. The van der Waals surface area contributed by atoms with Crippen molar-refractivity contribution in [2.45, 2.75) is 25.8 Å². The summed E-state index contributed by atoms with van der Waals surface area (Å²) in [6.45, 7) is 2.39. The van der Waals surface area contributed by atoms with Gasteiger partial charge in [0.1, 0.15) is 0 Å². The fraction of sp³-hybridized carbons (Fsp3) is 0.421. The summed E-state index contributed by atoms with van der Waals surface area (Å²) >= 11 is 0. The van der Waals surface area contributed by atoms with E-state index in [1.165, 1.54) is 5.56 Å². The summed E-state index contributed by atoms with van der Waals surface area (Å²) in [4.78, 5) is 26.3. The number of piperidine rings is 1. The monoisotopic (exact) mass is 340 g/mol. The van der Waals surface area contributed by atoms with Crippen LogP contribution in [0.3, 0.4) is 0 Å². The number of benzene rings is 1. The molecule has 0 bridgehead atoms. The Kier molecular flexibility index (Phi) is 5.82. The third kappa shape index (κ3) is 4.92. The Balaban J connectivity index is 1.45. The van der Waals surface area contributed by atoms with Crippen LogP contribution in [0.5, 0.6) is 0 Å². The number of carbonyl (C=O) groups excluding carboxylic acids is 2. The number of rotatable bonds is 7. The van der Waals surface area contributed by atoms with Crippen LogP contribution in [0.15, 0.2) is 48.8 Å². The molecule has 1 saturated heterocycles. The second-order valence-corrected chi connectivity index (χ2v) is 6.37. The molecular formula is C19H24N4O2. The van der Waals surface area contributed by atoms with Crippen LogP contribution in [0.1, 0.15) is 18.4 Å². The summed E-state index contributed by atoms with van der Waals surface area (Å²) in [7, 11) is 0. The first-order valence-corrected chi connectivity index (χ1v) is 8.79. The zero-order chi connectivity index (χ0) is 17.5. The van der Waals surface area contributed by atoms with Crippen LogP contribution in [0.2, 0.25) is 0 Å². The number of carbonyl (C=O) groups is 2. The summed E-state index contributed by atoms with van der Waals surface area (Å²) in [5.74, 6) is 0.0620. The molecule has 2 amide bonds. The van der Waals surface area contributed by atoms with E-state index in [1.54, 1.807) is 10.9 Å². The van der Waals surface area contributed by atoms with Gasteiger partial charge in [-0.15, -0.1) is 0 Å². The van der Waals surface area contributed by atoms with Crippen molar-refractivity contribution in [3.8, 4) is 0 Å². The molecule has 25 heavy (non-hydrogen) atoms. The van der Waals surface area contributed by atoms with Crippen LogP contribution in [0.25, 0.3) is 0 Å². The zero-order valence-electron chi connectivity index (χ0n) is 14.3. The molecule has 2 aromatic rings. The van der Waals surface area contributed by atoms with Gasteiger partial charge in [0.05, 0.1) is 12.5 Å². The van der Waals surface area contributed by atoms with E-state index in [1.807, 2.05) is 35.4 Å². The maximum atomic E-state index is 12.4. The van der Waals surface area contributed by atoms with Crippen molar-refractivity contribution in [1.29, 1.82) is 0 Å². The van der Waals surface area contributed by atoms with Gasteiger partial charge >= 0.3 is 0 Å². The predicted octanol–water partition coefficient (Wildman–Crippen LogP) is 1.48. The molecule has 6 heteroatoms. The largest absolute Gasteiger partial charge is 0.354 e. The highest BCUT2D eigenvalue weighted by Gasteiger charge is 2.29. The topological polar surface area (TPSA) is 67.2 Å². The minimum absolute atomic E-state index is 0.0318. The van der Waals surface area contributed by atoms with Crippen molar-refractivity contribution in [1.82, 2.24) is 20.0 Å². The number of nitrogens with one attached hydrogen (secondary N) is 1. The van der Waals surface area contributed by atoms with Crippen LogP contribution in [-0.4, -0.2) is 46.1 Å². The van der Waals surface area contributed by atoms with Gasteiger partial charge in [0.2, 0.25) is 11.8 Å². The molecule has 1 aromatic carbocycles. The number of hydrogen-bond acceptors (Lipinski definition) is 3. The third-order valence-electron chi connectivity index (χ3n) is 4.58. The molecule has 1 aliphatic rings. The smallest absolute Gasteiger partial charge is 0.224 e. The summed E-state index contributed by atoms with van der Waals surface area (Å²) in [6, 6.07) is 12.0. The van der Waals surface area contributed by atoms with Gasteiger partial charge in [-0.25, -0.2) is 0 Å². The zero-order valence-corrected chi connectivity index (χ0v) is 14.3. The number of likely N-dealkylation sites (tertiary alicyclic amines) is 1. The lowest BCUT2D eigenvalue weighted by atomic mass is 9.96. The SMILES string of the molecule is O=C(NCCn1cccn1)[C@H]1CCC(=O)N(CCc2ccccc2)C1. The highest BCUT2D eigenvalue weighted by Crippen LogP contribution is 2.18. The second-order valence-electron chi connectivity index (χ2n) is 6.37.